The molecule has 22 heavy (non-hydrogen) atoms. The fourth-order valence-corrected chi connectivity index (χ4v) is 2.95. The minimum absolute atomic E-state index is 0.174. The summed E-state index contributed by atoms with van der Waals surface area (Å²) in [5.74, 6) is -0.336. The topological polar surface area (TPSA) is 50.4 Å². The van der Waals surface area contributed by atoms with Crippen LogP contribution in [-0.4, -0.2) is 17.2 Å². The lowest BCUT2D eigenvalue weighted by molar-refractivity contribution is -0.143. The first kappa shape index (κ1) is 17.0. The van der Waals surface area contributed by atoms with E-state index >= 15 is 0 Å². The molecule has 0 bridgehead atoms. The molecule has 1 heterocycles. The second kappa shape index (κ2) is 6.79. The second-order valence-corrected chi connectivity index (χ2v) is 6.80. The second-order valence-electron chi connectivity index (χ2n) is 5.53. The smallest absolute Gasteiger partial charge is 0.338 e. The quantitative estimate of drug-likeness (QED) is 0.618. The Kier molecular flexibility index (Phi) is 5.24. The fraction of sp³-hybridized carbons (Fsp3) is 0.375. The highest BCUT2D eigenvalue weighted by molar-refractivity contribution is 9.10. The van der Waals surface area contributed by atoms with Crippen LogP contribution in [0.15, 0.2) is 33.9 Å². The van der Waals surface area contributed by atoms with E-state index in [-0.39, 0.29) is 18.1 Å². The number of hydrogen-bond donors (Lipinski definition) is 2. The molecular weight excluding hydrogens is 364 g/mol. The van der Waals surface area contributed by atoms with Crippen LogP contribution in [0.4, 0.5) is 0 Å². The van der Waals surface area contributed by atoms with Gasteiger partial charge in [0.25, 0.3) is 0 Å². The Bertz CT molecular complexity index is 656. The molecule has 0 saturated carbocycles. The summed E-state index contributed by atoms with van der Waals surface area (Å²) < 4.78 is 6.36. The van der Waals surface area contributed by atoms with Crippen LogP contribution in [0.25, 0.3) is 0 Å². The van der Waals surface area contributed by atoms with E-state index < -0.39 is 0 Å². The standard InChI is InChI=1S/C16H19BrN2O2S/c1-8(2)21-15(20)13-10(4)18-16(22)19-14(13)11-6-5-9(3)12(17)7-11/h5-8,14H,1-4H3,(H2,18,19,22)/t14-/m0/s1. The van der Waals surface area contributed by atoms with Crippen molar-refractivity contribution in [3.63, 3.8) is 0 Å². The molecule has 2 rings (SSSR count). The van der Waals surface area contributed by atoms with Gasteiger partial charge in [-0.15, -0.1) is 0 Å². The third kappa shape index (κ3) is 3.67. The van der Waals surface area contributed by atoms with Gasteiger partial charge in [-0.1, -0.05) is 28.1 Å². The fourth-order valence-electron chi connectivity index (χ4n) is 2.28. The van der Waals surface area contributed by atoms with Crippen molar-refractivity contribution in [2.24, 2.45) is 0 Å². The van der Waals surface area contributed by atoms with E-state index in [2.05, 4.69) is 26.6 Å². The van der Waals surface area contributed by atoms with Crippen LogP contribution in [0.1, 0.15) is 37.9 Å². The molecule has 0 radical (unpaired) electrons. The summed E-state index contributed by atoms with van der Waals surface area (Å²) in [5.41, 5.74) is 3.36. The van der Waals surface area contributed by atoms with Gasteiger partial charge in [0.05, 0.1) is 17.7 Å². The predicted molar refractivity (Wildman–Crippen MR) is 94.4 cm³/mol. The first-order valence-corrected chi connectivity index (χ1v) is 8.25. The maximum Gasteiger partial charge on any atom is 0.338 e. The molecule has 6 heteroatoms. The van der Waals surface area contributed by atoms with Crippen LogP contribution in [0.2, 0.25) is 0 Å². The highest BCUT2D eigenvalue weighted by Gasteiger charge is 2.31. The van der Waals surface area contributed by atoms with E-state index in [1.807, 2.05) is 45.9 Å². The van der Waals surface area contributed by atoms with E-state index in [0.717, 1.165) is 21.3 Å². The third-order valence-electron chi connectivity index (χ3n) is 3.36. The number of allylic oxidation sites excluding steroid dienone is 1. The summed E-state index contributed by atoms with van der Waals surface area (Å²) in [7, 11) is 0. The van der Waals surface area contributed by atoms with Crippen LogP contribution < -0.4 is 10.6 Å². The van der Waals surface area contributed by atoms with Crippen molar-refractivity contribution in [3.8, 4) is 0 Å². The van der Waals surface area contributed by atoms with Crippen LogP contribution in [0.5, 0.6) is 0 Å². The van der Waals surface area contributed by atoms with Gasteiger partial charge >= 0.3 is 5.97 Å². The lowest BCUT2D eigenvalue weighted by atomic mass is 9.95. The Labute approximate surface area is 144 Å². The van der Waals surface area contributed by atoms with Crippen LogP contribution >= 0.6 is 28.1 Å². The van der Waals surface area contributed by atoms with Crippen molar-refractivity contribution in [2.45, 2.75) is 39.8 Å². The number of esters is 1. The zero-order valence-corrected chi connectivity index (χ0v) is 15.4. The van der Waals surface area contributed by atoms with Gasteiger partial charge in [-0.2, -0.15) is 0 Å². The molecule has 0 saturated heterocycles. The van der Waals surface area contributed by atoms with Crippen LogP contribution in [-0.2, 0) is 9.53 Å². The number of thiocarbonyl (C=S) groups is 1. The number of ether oxygens (including phenoxy) is 1. The summed E-state index contributed by atoms with van der Waals surface area (Å²) in [4.78, 5) is 12.4. The monoisotopic (exact) mass is 382 g/mol. The van der Waals surface area contributed by atoms with Crippen LogP contribution in [0, 0.1) is 6.92 Å². The molecule has 0 fully saturated rings. The van der Waals surface area contributed by atoms with Gasteiger partial charge in [0, 0.05) is 10.2 Å². The molecule has 2 N–H and O–H groups in total. The summed E-state index contributed by atoms with van der Waals surface area (Å²) in [6.07, 6.45) is -0.174. The van der Waals surface area contributed by atoms with E-state index in [1.54, 1.807) is 0 Å². The molecule has 1 aliphatic heterocycles. The molecular formula is C16H19BrN2O2S. The average Bonchev–Trinajstić information content (AvgIpc) is 2.39. The van der Waals surface area contributed by atoms with Crippen molar-refractivity contribution < 1.29 is 9.53 Å². The Morgan fingerprint density at radius 2 is 2.05 bits per heavy atom. The zero-order valence-electron chi connectivity index (χ0n) is 13.0. The van der Waals surface area contributed by atoms with Crippen LogP contribution in [0.3, 0.4) is 0 Å². The van der Waals surface area contributed by atoms with Gasteiger partial charge in [0.15, 0.2) is 5.11 Å². The zero-order chi connectivity index (χ0) is 16.4. The first-order chi connectivity index (χ1) is 10.3. The summed E-state index contributed by atoms with van der Waals surface area (Å²) in [6.45, 7) is 7.52. The number of hydrogen-bond acceptors (Lipinski definition) is 3. The molecule has 118 valence electrons. The van der Waals surface area contributed by atoms with Gasteiger partial charge < -0.3 is 15.4 Å². The molecule has 0 spiro atoms. The lowest BCUT2D eigenvalue weighted by Crippen LogP contribution is -2.45. The highest BCUT2D eigenvalue weighted by Crippen LogP contribution is 2.30. The van der Waals surface area contributed by atoms with Crippen molar-refractivity contribution in [2.75, 3.05) is 0 Å². The first-order valence-electron chi connectivity index (χ1n) is 7.05. The predicted octanol–water partition coefficient (Wildman–Crippen LogP) is 3.50. The summed E-state index contributed by atoms with van der Waals surface area (Å²) in [5, 5.41) is 6.65. The number of carbonyl (C=O) groups is 1. The Hall–Kier alpha value is -1.40. The molecule has 1 aliphatic rings. The molecule has 0 aliphatic carbocycles. The highest BCUT2D eigenvalue weighted by atomic mass is 79.9. The van der Waals surface area contributed by atoms with Crippen molar-refractivity contribution in [1.82, 2.24) is 10.6 Å². The summed E-state index contributed by atoms with van der Waals surface area (Å²) >= 11 is 8.76. The molecule has 0 aromatic heterocycles. The Morgan fingerprint density at radius 3 is 2.64 bits per heavy atom. The van der Waals surface area contributed by atoms with E-state index in [0.29, 0.717) is 10.7 Å². The third-order valence-corrected chi connectivity index (χ3v) is 4.44. The minimum Gasteiger partial charge on any atom is -0.459 e. The SMILES string of the molecule is CC1=C(C(=O)OC(C)C)[C@H](c2ccc(C)c(Br)c2)NC(=S)N1. The summed E-state index contributed by atoms with van der Waals surface area (Å²) in [6, 6.07) is 5.67. The molecule has 1 aromatic carbocycles. The number of benzene rings is 1. The van der Waals surface area contributed by atoms with E-state index in [1.165, 1.54) is 0 Å². The largest absolute Gasteiger partial charge is 0.459 e. The van der Waals surface area contributed by atoms with Gasteiger partial charge in [-0.25, -0.2) is 4.79 Å². The number of nitrogens with one attached hydrogen (secondary N) is 2. The maximum absolute atomic E-state index is 12.4. The molecule has 1 aromatic rings. The minimum atomic E-state index is -0.336. The van der Waals surface area contributed by atoms with Crippen molar-refractivity contribution >= 4 is 39.2 Å². The Morgan fingerprint density at radius 1 is 1.36 bits per heavy atom. The van der Waals surface area contributed by atoms with E-state index in [4.69, 9.17) is 17.0 Å². The lowest BCUT2D eigenvalue weighted by Gasteiger charge is -2.30. The number of carbonyl (C=O) groups excluding carboxylic acids is 1. The van der Waals surface area contributed by atoms with Crippen molar-refractivity contribution in [3.05, 3.63) is 45.1 Å². The van der Waals surface area contributed by atoms with Gasteiger partial charge in [-0.3, -0.25) is 0 Å². The normalized spacial score (nSPS) is 18.1. The number of rotatable bonds is 3. The maximum atomic E-state index is 12.4. The van der Waals surface area contributed by atoms with Gasteiger partial charge in [0.1, 0.15) is 0 Å². The number of aryl methyl sites for hydroxylation is 1. The number of halogens is 1. The molecule has 1 atom stereocenters. The van der Waals surface area contributed by atoms with Gasteiger partial charge in [0.2, 0.25) is 0 Å². The Balaban J connectivity index is 2.45. The molecule has 0 unspecified atom stereocenters. The van der Waals surface area contributed by atoms with Crippen molar-refractivity contribution in [1.29, 1.82) is 0 Å². The molecule has 0 amide bonds. The van der Waals surface area contributed by atoms with E-state index in [9.17, 15) is 4.79 Å². The molecule has 4 nitrogen and oxygen atoms in total. The van der Waals surface area contributed by atoms with Gasteiger partial charge in [-0.05, 0) is 57.1 Å². The average molecular weight is 383 g/mol.